The molecule has 222 valence electrons. The Morgan fingerprint density at radius 2 is 0.600 bits per heavy atom. The Morgan fingerprint density at radius 3 is 0.750 bits per heavy atom. The molecular weight excluding hydrogens is 656 g/mol. The molecule has 0 atom stereocenters. The van der Waals surface area contributed by atoms with Gasteiger partial charge < -0.3 is 18.3 Å². The third-order valence-corrected chi connectivity index (χ3v) is 38.1. The fraction of sp³-hybridized carbons (Fsp3) is 0.625. The van der Waals surface area contributed by atoms with Crippen molar-refractivity contribution >= 4 is 66.4 Å². The number of anilines is 4. The fourth-order valence-corrected chi connectivity index (χ4v) is 30.9. The largest absolute Gasteiger partial charge is 0.383 e. The van der Waals surface area contributed by atoms with Gasteiger partial charge in [-0.25, -0.2) is 0 Å². The smallest absolute Gasteiger partial charge is 0.369 e. The first kappa shape index (κ1) is 32.0. The van der Waals surface area contributed by atoms with E-state index in [1.54, 1.807) is 0 Å². The minimum Gasteiger partial charge on any atom is -0.369 e. The van der Waals surface area contributed by atoms with Gasteiger partial charge in [0, 0.05) is 26.2 Å². The average Bonchev–Trinajstić information content (AvgIpc) is 3.14. The van der Waals surface area contributed by atoms with Gasteiger partial charge in [0.05, 0.1) is 22.7 Å². The summed E-state index contributed by atoms with van der Waals surface area (Å²) < 4.78 is 11.4. The number of benzene rings is 2. The van der Waals surface area contributed by atoms with Crippen molar-refractivity contribution in [2.75, 3.05) is 44.4 Å². The highest BCUT2D eigenvalue weighted by Gasteiger charge is 2.75. The van der Waals surface area contributed by atoms with E-state index < -0.39 is 13.1 Å². The molecular formula is C32H52Br2N4Si2. The SMILES string of the molecule is CC(C)(C)CN1c2ccccc2N(CC(C)(C)C)[Si]1(Br)[Si]1(Br)N(CC(C)(C)C)c2ccccc2N1CC(C)(C)C. The standard InChI is InChI=1S/C32H52Br2N4Si2/c1-29(2,3)21-35-25-17-13-14-18-26(25)36(22-30(4,5)6)39(35,33)40(34)37(23-31(7,8)9)27-19-15-16-20-28(27)38(40)24-32(10,11)12/h13-20H,21-24H2,1-12H3. The number of nitrogens with zero attached hydrogens (tertiary/aromatic N) is 4. The van der Waals surface area contributed by atoms with Crippen molar-refractivity contribution in [3.05, 3.63) is 48.5 Å². The molecule has 0 fully saturated rings. The molecule has 4 rings (SSSR count). The van der Waals surface area contributed by atoms with Crippen LogP contribution in [-0.2, 0) is 0 Å². The molecule has 0 saturated carbocycles. The molecule has 0 amide bonds. The van der Waals surface area contributed by atoms with Gasteiger partial charge in [0.15, 0.2) is 0 Å². The predicted octanol–water partition coefficient (Wildman–Crippen LogP) is 9.57. The van der Waals surface area contributed by atoms with Crippen LogP contribution in [0.3, 0.4) is 0 Å². The van der Waals surface area contributed by atoms with Crippen LogP contribution in [0.5, 0.6) is 0 Å². The summed E-state index contributed by atoms with van der Waals surface area (Å²) >= 11 is 9.65. The zero-order chi connectivity index (χ0) is 30.1. The molecule has 2 aliphatic rings. The highest BCUT2D eigenvalue weighted by Crippen LogP contribution is 2.59. The van der Waals surface area contributed by atoms with Gasteiger partial charge in [-0.15, -0.1) is 0 Å². The van der Waals surface area contributed by atoms with E-state index in [1.807, 2.05) is 0 Å². The third-order valence-electron chi connectivity index (χ3n) is 7.29. The van der Waals surface area contributed by atoms with Gasteiger partial charge in [0.1, 0.15) is 0 Å². The average molecular weight is 709 g/mol. The summed E-state index contributed by atoms with van der Waals surface area (Å²) in [6, 6.07) is 18.4. The molecule has 40 heavy (non-hydrogen) atoms. The van der Waals surface area contributed by atoms with E-state index in [2.05, 4.69) is 150 Å². The minimum absolute atomic E-state index is 0.129. The lowest BCUT2D eigenvalue weighted by Crippen LogP contribution is -2.85. The van der Waals surface area contributed by atoms with Crippen molar-refractivity contribution in [2.45, 2.75) is 83.1 Å². The first-order valence-electron chi connectivity index (χ1n) is 14.8. The highest BCUT2D eigenvalue weighted by molar-refractivity contribution is 9.37. The van der Waals surface area contributed by atoms with Gasteiger partial charge >= 0.3 is 13.1 Å². The van der Waals surface area contributed by atoms with Crippen LogP contribution < -0.4 is 18.3 Å². The quantitative estimate of drug-likeness (QED) is 0.227. The van der Waals surface area contributed by atoms with Crippen LogP contribution in [-0.4, -0.2) is 39.2 Å². The van der Waals surface area contributed by atoms with Crippen LogP contribution in [0.15, 0.2) is 48.5 Å². The monoisotopic (exact) mass is 706 g/mol. The lowest BCUT2D eigenvalue weighted by Gasteiger charge is -2.55. The Balaban J connectivity index is 2.08. The summed E-state index contributed by atoms with van der Waals surface area (Å²) in [5.41, 5.74) is 6.01. The van der Waals surface area contributed by atoms with Crippen LogP contribution >= 0.6 is 30.6 Å². The van der Waals surface area contributed by atoms with Crippen LogP contribution in [0.25, 0.3) is 0 Å². The minimum atomic E-state index is -2.70. The Bertz CT molecular complexity index is 1040. The molecule has 2 aromatic rings. The Kier molecular flexibility index (Phi) is 8.26. The van der Waals surface area contributed by atoms with Gasteiger partial charge in [-0.3, -0.25) is 0 Å². The summed E-state index contributed by atoms with van der Waals surface area (Å²) in [6.07, 6.45) is 0. The highest BCUT2D eigenvalue weighted by atomic mass is 79.9. The fourth-order valence-electron chi connectivity index (χ4n) is 6.12. The van der Waals surface area contributed by atoms with Crippen LogP contribution in [0.4, 0.5) is 22.7 Å². The van der Waals surface area contributed by atoms with Gasteiger partial charge in [-0.2, -0.15) is 0 Å². The normalized spacial score (nSPS) is 18.9. The number of hydrogen-bond acceptors (Lipinski definition) is 4. The summed E-state index contributed by atoms with van der Waals surface area (Å²) in [5.74, 6) is 0. The molecule has 2 aliphatic heterocycles. The molecule has 0 unspecified atom stereocenters. The first-order valence-corrected chi connectivity index (χ1v) is 24.1. The molecule has 0 spiro atoms. The van der Waals surface area contributed by atoms with E-state index >= 15 is 0 Å². The van der Waals surface area contributed by atoms with Gasteiger partial charge in [0.25, 0.3) is 0 Å². The van der Waals surface area contributed by atoms with Gasteiger partial charge in [-0.05, 0) is 45.9 Å². The topological polar surface area (TPSA) is 13.0 Å². The van der Waals surface area contributed by atoms with E-state index in [-0.39, 0.29) is 21.7 Å². The molecule has 0 radical (unpaired) electrons. The van der Waals surface area contributed by atoms with Crippen molar-refractivity contribution in [2.24, 2.45) is 21.7 Å². The van der Waals surface area contributed by atoms with Crippen LogP contribution in [0.2, 0.25) is 0 Å². The lowest BCUT2D eigenvalue weighted by atomic mass is 9.96. The van der Waals surface area contributed by atoms with E-state index in [0.29, 0.717) is 0 Å². The van der Waals surface area contributed by atoms with E-state index in [4.69, 9.17) is 30.6 Å². The van der Waals surface area contributed by atoms with Crippen molar-refractivity contribution in [3.8, 4) is 0 Å². The zero-order valence-corrected chi connectivity index (χ0v) is 32.2. The van der Waals surface area contributed by atoms with Crippen LogP contribution in [0, 0.1) is 21.7 Å². The van der Waals surface area contributed by atoms with Gasteiger partial charge in [0.2, 0.25) is 0 Å². The first-order chi connectivity index (χ1) is 18.1. The van der Waals surface area contributed by atoms with Crippen molar-refractivity contribution < 1.29 is 0 Å². The Morgan fingerprint density at radius 1 is 0.425 bits per heavy atom. The Hall–Kier alpha value is -0.966. The van der Waals surface area contributed by atoms with E-state index in [1.165, 1.54) is 22.7 Å². The molecule has 2 heterocycles. The predicted molar refractivity (Wildman–Crippen MR) is 189 cm³/mol. The maximum Gasteiger partial charge on any atom is 0.383 e. The number of fused-ring (bicyclic) bond motifs is 2. The summed E-state index contributed by atoms with van der Waals surface area (Å²) in [7, 11) is 0. The second-order valence-electron chi connectivity index (χ2n) is 16.7. The van der Waals surface area contributed by atoms with E-state index in [0.717, 1.165) is 26.2 Å². The maximum absolute atomic E-state index is 4.83. The van der Waals surface area contributed by atoms with E-state index in [9.17, 15) is 0 Å². The van der Waals surface area contributed by atoms with Crippen molar-refractivity contribution in [3.63, 3.8) is 0 Å². The molecule has 0 aromatic heterocycles. The molecule has 2 aromatic carbocycles. The lowest BCUT2D eigenvalue weighted by molar-refractivity contribution is 0.420. The molecule has 0 bridgehead atoms. The van der Waals surface area contributed by atoms with Crippen molar-refractivity contribution in [1.29, 1.82) is 0 Å². The third kappa shape index (κ3) is 5.93. The summed E-state index contributed by atoms with van der Waals surface area (Å²) in [5, 5.41) is 0. The zero-order valence-electron chi connectivity index (χ0n) is 27.0. The molecule has 4 nitrogen and oxygen atoms in total. The van der Waals surface area contributed by atoms with Crippen molar-refractivity contribution in [1.82, 2.24) is 0 Å². The number of rotatable bonds is 5. The molecule has 0 aliphatic carbocycles. The second kappa shape index (κ2) is 10.3. The molecule has 8 heteroatoms. The van der Waals surface area contributed by atoms with Crippen LogP contribution in [0.1, 0.15) is 83.1 Å². The maximum atomic E-state index is 4.83. The second-order valence-corrected chi connectivity index (χ2v) is 36.5. The number of halogens is 2. The summed E-state index contributed by atoms with van der Waals surface area (Å²) in [6.45, 7) is 27.2. The number of para-hydroxylation sites is 4. The van der Waals surface area contributed by atoms with Gasteiger partial charge in [-0.1, -0.05) is 138 Å². The Labute approximate surface area is 262 Å². The number of hydrogen-bond donors (Lipinski definition) is 0. The molecule has 0 saturated heterocycles. The molecule has 0 N–H and O–H groups in total. The summed E-state index contributed by atoms with van der Waals surface area (Å²) in [4.78, 5) is 0.